The molecule has 0 aromatic heterocycles. The fourth-order valence-corrected chi connectivity index (χ4v) is 6.06. The van der Waals surface area contributed by atoms with Crippen LogP contribution in [0.5, 0.6) is 5.75 Å². The summed E-state index contributed by atoms with van der Waals surface area (Å²) in [7, 11) is 1.74. The highest BCUT2D eigenvalue weighted by molar-refractivity contribution is 6.10. The third kappa shape index (κ3) is 3.56. The molecular weight excluding hydrogens is 444 g/mol. The molecule has 1 N–H and O–H groups in total. The lowest BCUT2D eigenvalue weighted by Crippen LogP contribution is -2.34. The Morgan fingerprint density at radius 2 is 1.78 bits per heavy atom. The predicted octanol–water partition coefficient (Wildman–Crippen LogP) is 7.34. The smallest absolute Gasteiger partial charge is 0.260 e. The van der Waals surface area contributed by atoms with Crippen molar-refractivity contribution >= 4 is 28.1 Å². The van der Waals surface area contributed by atoms with Crippen LogP contribution < -0.4 is 15.0 Å². The Balaban J connectivity index is 1.50. The van der Waals surface area contributed by atoms with Crippen LogP contribution in [0.1, 0.15) is 46.8 Å². The number of nitrogens with one attached hydrogen (secondary N) is 1. The number of anilines is 2. The van der Waals surface area contributed by atoms with Crippen molar-refractivity contribution in [1.29, 1.82) is 0 Å². The van der Waals surface area contributed by atoms with Gasteiger partial charge in [0.05, 0.1) is 24.4 Å². The summed E-state index contributed by atoms with van der Waals surface area (Å²) in [6.45, 7) is 2.62. The third-order valence-corrected chi connectivity index (χ3v) is 7.72. The lowest BCUT2D eigenvalue weighted by molar-refractivity contribution is 0.0988. The highest BCUT2D eigenvalue weighted by Crippen LogP contribution is 2.53. The number of amides is 1. The summed E-state index contributed by atoms with van der Waals surface area (Å²) < 4.78 is 5.90. The van der Waals surface area contributed by atoms with Gasteiger partial charge in [-0.3, -0.25) is 4.79 Å². The van der Waals surface area contributed by atoms with Gasteiger partial charge in [-0.25, -0.2) is 0 Å². The van der Waals surface area contributed by atoms with E-state index in [2.05, 4.69) is 59.9 Å². The van der Waals surface area contributed by atoms with E-state index in [9.17, 15) is 4.79 Å². The number of hydrogen-bond acceptors (Lipinski definition) is 3. The Morgan fingerprint density at radius 3 is 2.58 bits per heavy atom. The summed E-state index contributed by atoms with van der Waals surface area (Å²) in [5.41, 5.74) is 4.91. The summed E-state index contributed by atoms with van der Waals surface area (Å²) in [5.74, 6) is 1.48. The molecule has 4 heteroatoms. The Labute approximate surface area is 212 Å². The van der Waals surface area contributed by atoms with Gasteiger partial charge in [0, 0.05) is 23.7 Å². The van der Waals surface area contributed by atoms with Crippen molar-refractivity contribution in [3.63, 3.8) is 0 Å². The zero-order valence-corrected chi connectivity index (χ0v) is 20.6. The second-order valence-corrected chi connectivity index (χ2v) is 9.53. The van der Waals surface area contributed by atoms with Crippen molar-refractivity contribution in [3.8, 4) is 5.75 Å². The Bertz CT molecular complexity index is 1460. The van der Waals surface area contributed by atoms with E-state index in [1.54, 1.807) is 7.11 Å². The Kier molecular flexibility index (Phi) is 5.73. The molecule has 0 saturated heterocycles. The lowest BCUT2D eigenvalue weighted by atomic mass is 9.75. The fraction of sp³-hybridized carbons (Fsp3) is 0.219. The van der Waals surface area contributed by atoms with Crippen LogP contribution in [0.3, 0.4) is 0 Å². The molecule has 36 heavy (non-hydrogen) atoms. The van der Waals surface area contributed by atoms with Crippen LogP contribution in [0.25, 0.3) is 10.8 Å². The molecule has 1 aliphatic carbocycles. The van der Waals surface area contributed by atoms with Gasteiger partial charge < -0.3 is 15.0 Å². The molecule has 1 aliphatic heterocycles. The second kappa shape index (κ2) is 9.19. The molecule has 0 spiro atoms. The number of benzene rings is 4. The van der Waals surface area contributed by atoms with E-state index < -0.39 is 0 Å². The van der Waals surface area contributed by atoms with Crippen molar-refractivity contribution < 1.29 is 9.53 Å². The lowest BCUT2D eigenvalue weighted by Gasteiger charge is -2.39. The van der Waals surface area contributed by atoms with Gasteiger partial charge in [-0.1, -0.05) is 72.8 Å². The van der Waals surface area contributed by atoms with E-state index >= 15 is 0 Å². The first kappa shape index (κ1) is 22.4. The van der Waals surface area contributed by atoms with E-state index in [4.69, 9.17) is 4.74 Å². The van der Waals surface area contributed by atoms with Crippen LogP contribution in [0, 0.1) is 5.92 Å². The zero-order valence-electron chi connectivity index (χ0n) is 20.6. The van der Waals surface area contributed by atoms with Gasteiger partial charge in [-0.05, 0) is 59.9 Å². The van der Waals surface area contributed by atoms with E-state index in [-0.39, 0.29) is 17.9 Å². The molecule has 4 nitrogen and oxygen atoms in total. The van der Waals surface area contributed by atoms with Gasteiger partial charge in [0.1, 0.15) is 5.75 Å². The Morgan fingerprint density at radius 1 is 0.972 bits per heavy atom. The molecule has 1 amide bonds. The molecule has 3 atom stereocenters. The van der Waals surface area contributed by atoms with Crippen molar-refractivity contribution in [2.24, 2.45) is 5.92 Å². The number of nitrogens with zero attached hydrogens (tertiary/aromatic N) is 1. The van der Waals surface area contributed by atoms with Gasteiger partial charge in [0.25, 0.3) is 5.91 Å². The van der Waals surface area contributed by atoms with Crippen molar-refractivity contribution in [3.05, 3.63) is 114 Å². The molecule has 2 aliphatic rings. The van der Waals surface area contributed by atoms with Gasteiger partial charge in [-0.15, -0.1) is 0 Å². The summed E-state index contributed by atoms with van der Waals surface area (Å²) >= 11 is 0. The van der Waals surface area contributed by atoms with Crippen LogP contribution in [-0.4, -0.2) is 19.6 Å². The van der Waals surface area contributed by atoms with Gasteiger partial charge in [0.2, 0.25) is 0 Å². The van der Waals surface area contributed by atoms with Crippen LogP contribution in [0.4, 0.5) is 11.4 Å². The molecule has 0 radical (unpaired) electrons. The number of carbonyl (C=O) groups excluding carboxylic acids is 1. The molecule has 3 unspecified atom stereocenters. The number of para-hydroxylation sites is 2. The highest BCUT2D eigenvalue weighted by atomic mass is 16.5. The quantitative estimate of drug-likeness (QED) is 0.308. The van der Waals surface area contributed by atoms with Gasteiger partial charge >= 0.3 is 0 Å². The van der Waals surface area contributed by atoms with E-state index in [0.717, 1.165) is 29.1 Å². The normalized spacial score (nSPS) is 19.9. The first-order valence-electron chi connectivity index (χ1n) is 12.7. The highest BCUT2D eigenvalue weighted by Gasteiger charge is 2.41. The molecule has 1 heterocycles. The van der Waals surface area contributed by atoms with E-state index in [0.29, 0.717) is 18.0 Å². The molecule has 0 saturated carbocycles. The maximum Gasteiger partial charge on any atom is 0.260 e. The van der Waals surface area contributed by atoms with Crippen molar-refractivity contribution in [2.75, 3.05) is 23.9 Å². The first-order chi connectivity index (χ1) is 17.7. The van der Waals surface area contributed by atoms with E-state index in [1.807, 2.05) is 54.3 Å². The third-order valence-electron chi connectivity index (χ3n) is 7.72. The first-order valence-corrected chi connectivity index (χ1v) is 12.7. The molecule has 0 fully saturated rings. The molecule has 6 rings (SSSR count). The predicted molar refractivity (Wildman–Crippen MR) is 147 cm³/mol. The number of fused-ring (bicyclic) bond motifs is 4. The van der Waals surface area contributed by atoms with Crippen LogP contribution in [0.15, 0.2) is 97.1 Å². The maximum atomic E-state index is 14.0. The summed E-state index contributed by atoms with van der Waals surface area (Å²) in [4.78, 5) is 15.8. The second-order valence-electron chi connectivity index (χ2n) is 9.53. The monoisotopic (exact) mass is 474 g/mol. The van der Waals surface area contributed by atoms with E-state index in [1.165, 1.54) is 16.3 Å². The topological polar surface area (TPSA) is 41.6 Å². The number of allylic oxidation sites excluding steroid dienone is 2. The summed E-state index contributed by atoms with van der Waals surface area (Å²) in [6.07, 6.45) is 5.59. The van der Waals surface area contributed by atoms with Crippen LogP contribution in [0.2, 0.25) is 0 Å². The summed E-state index contributed by atoms with van der Waals surface area (Å²) in [6, 6.07) is 28.7. The van der Waals surface area contributed by atoms with Crippen molar-refractivity contribution in [1.82, 2.24) is 0 Å². The van der Waals surface area contributed by atoms with Gasteiger partial charge in [-0.2, -0.15) is 0 Å². The zero-order chi connectivity index (χ0) is 24.6. The summed E-state index contributed by atoms with van der Waals surface area (Å²) in [5, 5.41) is 6.24. The minimum Gasteiger partial charge on any atom is -0.496 e. The molecule has 0 bridgehead atoms. The van der Waals surface area contributed by atoms with Crippen LogP contribution >= 0.6 is 0 Å². The minimum absolute atomic E-state index is 0.0112. The fourth-order valence-electron chi connectivity index (χ4n) is 6.06. The Hall–Kier alpha value is -4.05. The number of carbonyl (C=O) groups is 1. The largest absolute Gasteiger partial charge is 0.496 e. The maximum absolute atomic E-state index is 14.0. The van der Waals surface area contributed by atoms with Gasteiger partial charge in [0.15, 0.2) is 0 Å². The average Bonchev–Trinajstić information content (AvgIpc) is 3.43. The van der Waals surface area contributed by atoms with Crippen molar-refractivity contribution in [2.45, 2.75) is 25.3 Å². The molecule has 4 aromatic rings. The number of rotatable bonds is 5. The standard InChI is InChI=1S/C32H30N2O2/c1-3-34(22-12-5-4-6-13-22)32(35)27-18-10-16-25-24-15-9-17-26(24)31(33-30(25)27)29-23-14-8-7-11-21(23)19-20-28(29)36-2/h4-16,18-20,24,26,31,33H,3,17H2,1-2H3. The van der Waals surface area contributed by atoms with Crippen LogP contribution in [-0.2, 0) is 0 Å². The molecule has 4 aromatic carbocycles. The minimum atomic E-state index is 0.0112. The molecule has 180 valence electrons. The number of methoxy groups -OCH3 is 1. The number of ether oxygens (including phenoxy) is 1. The SMILES string of the molecule is CCN(C(=O)c1cccc2c1NC(c1c(OC)ccc3ccccc13)C1CC=CC21)c1ccccc1. The average molecular weight is 475 g/mol. The number of hydrogen-bond donors (Lipinski definition) is 1. The molecular formula is C32H30N2O2.